The van der Waals surface area contributed by atoms with Crippen LogP contribution in [-0.4, -0.2) is 55.1 Å². The number of aromatic amines is 1. The topological polar surface area (TPSA) is 76.0 Å². The number of rotatable bonds is 9. The zero-order valence-electron chi connectivity index (χ0n) is 19.6. The fourth-order valence-electron chi connectivity index (χ4n) is 4.80. The number of nitrogens with zero attached hydrogens (tertiary/aromatic N) is 4. The van der Waals surface area contributed by atoms with Crippen LogP contribution in [0.2, 0.25) is 0 Å². The van der Waals surface area contributed by atoms with E-state index in [4.69, 9.17) is 4.74 Å². The van der Waals surface area contributed by atoms with Crippen LogP contribution in [0.1, 0.15) is 31.2 Å². The molecule has 180 valence electrons. The summed E-state index contributed by atoms with van der Waals surface area (Å²) < 4.78 is 8.08. The lowest BCUT2D eigenvalue weighted by Crippen LogP contribution is -2.34. The monoisotopic (exact) mass is 487 g/mol. The van der Waals surface area contributed by atoms with Gasteiger partial charge in [0.1, 0.15) is 0 Å². The highest BCUT2D eigenvalue weighted by Gasteiger charge is 2.33. The minimum absolute atomic E-state index is 0.144. The van der Waals surface area contributed by atoms with E-state index in [1.165, 1.54) is 17.3 Å². The molecule has 1 aliphatic heterocycles. The molecular weight excluding hydrogens is 458 g/mol. The van der Waals surface area contributed by atoms with Gasteiger partial charge < -0.3 is 14.6 Å². The van der Waals surface area contributed by atoms with E-state index in [1.54, 1.807) is 0 Å². The Hall–Kier alpha value is -3.10. The molecule has 1 saturated carbocycles. The van der Waals surface area contributed by atoms with Crippen LogP contribution in [0.15, 0.2) is 66.0 Å². The van der Waals surface area contributed by atoms with Gasteiger partial charge in [0.15, 0.2) is 11.0 Å². The second-order valence-corrected chi connectivity index (χ2v) is 10.3. The summed E-state index contributed by atoms with van der Waals surface area (Å²) >= 11 is 1.48. The lowest BCUT2D eigenvalue weighted by molar-refractivity contribution is -0.129. The van der Waals surface area contributed by atoms with Crippen molar-refractivity contribution in [1.29, 1.82) is 0 Å². The van der Waals surface area contributed by atoms with Crippen molar-refractivity contribution >= 4 is 28.6 Å². The molecule has 2 aromatic carbocycles. The standard InChI is InChI=1S/C27H29N5O2S/c33-25(31(20-12-13-20)16-19-7-2-1-3-8-19)18-35-27-30-29-26(32(27)17-21-9-6-14-34-21)23-15-28-24-11-5-4-10-22(23)24/h1-5,7-8,10-11,15,20-21,28H,6,9,12-14,16-18H2. The van der Waals surface area contributed by atoms with E-state index >= 15 is 0 Å². The van der Waals surface area contributed by atoms with Gasteiger partial charge >= 0.3 is 0 Å². The first-order valence-electron chi connectivity index (χ1n) is 12.3. The summed E-state index contributed by atoms with van der Waals surface area (Å²) in [7, 11) is 0. The van der Waals surface area contributed by atoms with E-state index in [0.717, 1.165) is 59.7 Å². The fourth-order valence-corrected chi connectivity index (χ4v) is 5.64. The molecule has 6 rings (SSSR count). The zero-order valence-corrected chi connectivity index (χ0v) is 20.4. The molecule has 8 heteroatoms. The third kappa shape index (κ3) is 4.86. The van der Waals surface area contributed by atoms with Gasteiger partial charge in [0, 0.05) is 41.9 Å². The molecule has 4 aromatic rings. The van der Waals surface area contributed by atoms with E-state index in [9.17, 15) is 4.79 Å². The number of benzene rings is 2. The normalized spacial score (nSPS) is 17.8. The molecule has 3 heterocycles. The number of H-pyrrole nitrogens is 1. The molecule has 35 heavy (non-hydrogen) atoms. The van der Waals surface area contributed by atoms with Crippen LogP contribution in [0.3, 0.4) is 0 Å². The number of ether oxygens (including phenoxy) is 1. The molecular formula is C27H29N5O2S. The van der Waals surface area contributed by atoms with Gasteiger partial charge in [-0.3, -0.25) is 9.36 Å². The number of carbonyl (C=O) groups is 1. The molecule has 2 aromatic heterocycles. The number of aromatic nitrogens is 4. The summed E-state index contributed by atoms with van der Waals surface area (Å²) in [6.07, 6.45) is 6.42. The number of hydrogen-bond donors (Lipinski definition) is 1. The third-order valence-corrected chi connectivity index (χ3v) is 7.74. The van der Waals surface area contributed by atoms with Crippen LogP contribution < -0.4 is 0 Å². The molecule has 0 radical (unpaired) electrons. The van der Waals surface area contributed by atoms with Crippen molar-refractivity contribution in [2.24, 2.45) is 0 Å². The molecule has 0 bridgehead atoms. The van der Waals surface area contributed by atoms with E-state index in [-0.39, 0.29) is 12.0 Å². The van der Waals surface area contributed by atoms with Crippen molar-refractivity contribution in [3.05, 3.63) is 66.4 Å². The van der Waals surface area contributed by atoms with Crippen molar-refractivity contribution in [1.82, 2.24) is 24.6 Å². The van der Waals surface area contributed by atoms with E-state index in [2.05, 4.69) is 44.0 Å². The average Bonchev–Trinajstić information content (AvgIpc) is 3.26. The lowest BCUT2D eigenvalue weighted by atomic mass is 10.1. The minimum atomic E-state index is 0.144. The van der Waals surface area contributed by atoms with Crippen molar-refractivity contribution in [3.63, 3.8) is 0 Å². The molecule has 1 N–H and O–H groups in total. The Morgan fingerprint density at radius 1 is 1.09 bits per heavy atom. The second-order valence-electron chi connectivity index (χ2n) is 9.33. The molecule has 1 atom stereocenters. The first kappa shape index (κ1) is 22.4. The highest BCUT2D eigenvalue weighted by molar-refractivity contribution is 7.99. The molecule has 7 nitrogen and oxygen atoms in total. The van der Waals surface area contributed by atoms with Crippen LogP contribution in [0.4, 0.5) is 0 Å². The highest BCUT2D eigenvalue weighted by Crippen LogP contribution is 2.33. The van der Waals surface area contributed by atoms with Crippen LogP contribution in [0.25, 0.3) is 22.3 Å². The summed E-state index contributed by atoms with van der Waals surface area (Å²) in [6, 6.07) is 18.8. The van der Waals surface area contributed by atoms with Crippen molar-refractivity contribution < 1.29 is 9.53 Å². The van der Waals surface area contributed by atoms with Gasteiger partial charge in [-0.2, -0.15) is 0 Å². The number of nitrogens with one attached hydrogen (secondary N) is 1. The van der Waals surface area contributed by atoms with Crippen LogP contribution in [-0.2, 0) is 22.6 Å². The van der Waals surface area contributed by atoms with Gasteiger partial charge in [0.25, 0.3) is 0 Å². The second kappa shape index (κ2) is 9.87. The predicted octanol–water partition coefficient (Wildman–Crippen LogP) is 4.89. The third-order valence-electron chi connectivity index (χ3n) is 6.79. The smallest absolute Gasteiger partial charge is 0.233 e. The lowest BCUT2D eigenvalue weighted by Gasteiger charge is -2.22. The Labute approximate surface area is 208 Å². The average molecular weight is 488 g/mol. The van der Waals surface area contributed by atoms with Gasteiger partial charge in [-0.25, -0.2) is 0 Å². The number of carbonyl (C=O) groups excluding carboxylic acids is 1. The van der Waals surface area contributed by atoms with Gasteiger partial charge in [-0.15, -0.1) is 10.2 Å². The van der Waals surface area contributed by atoms with Gasteiger partial charge in [-0.05, 0) is 37.3 Å². The number of thioether (sulfide) groups is 1. The number of amides is 1. The Balaban J connectivity index is 1.24. The van der Waals surface area contributed by atoms with Gasteiger partial charge in [0.2, 0.25) is 5.91 Å². The quantitative estimate of drug-likeness (QED) is 0.340. The Kier molecular flexibility index (Phi) is 6.31. The summed E-state index contributed by atoms with van der Waals surface area (Å²) in [5.41, 5.74) is 3.26. The SMILES string of the molecule is O=C(CSc1nnc(-c2c[nH]c3ccccc23)n1CC1CCCO1)N(Cc1ccccc1)C1CC1. The molecule has 1 saturated heterocycles. The number of hydrogen-bond acceptors (Lipinski definition) is 5. The summed E-state index contributed by atoms with van der Waals surface area (Å²) in [5.74, 6) is 1.32. The largest absolute Gasteiger partial charge is 0.376 e. The van der Waals surface area contributed by atoms with Crippen molar-refractivity contribution in [2.45, 2.75) is 56.1 Å². The molecule has 2 aliphatic rings. The first-order chi connectivity index (χ1) is 17.3. The van der Waals surface area contributed by atoms with Gasteiger partial charge in [0.05, 0.1) is 18.4 Å². The van der Waals surface area contributed by atoms with Crippen molar-refractivity contribution in [3.8, 4) is 11.4 Å². The van der Waals surface area contributed by atoms with Gasteiger partial charge in [-0.1, -0.05) is 60.3 Å². The number of para-hydroxylation sites is 1. The first-order valence-corrected chi connectivity index (χ1v) is 13.3. The molecule has 2 fully saturated rings. The van der Waals surface area contributed by atoms with E-state index < -0.39 is 0 Å². The maximum Gasteiger partial charge on any atom is 0.233 e. The number of fused-ring (bicyclic) bond motifs is 1. The van der Waals surface area contributed by atoms with Crippen LogP contribution >= 0.6 is 11.8 Å². The maximum atomic E-state index is 13.3. The summed E-state index contributed by atoms with van der Waals surface area (Å²) in [6.45, 7) is 2.15. The van der Waals surface area contributed by atoms with E-state index in [0.29, 0.717) is 24.9 Å². The highest BCUT2D eigenvalue weighted by atomic mass is 32.2. The fraction of sp³-hybridized carbons (Fsp3) is 0.370. The molecule has 1 unspecified atom stereocenters. The van der Waals surface area contributed by atoms with Crippen LogP contribution in [0, 0.1) is 0 Å². The Morgan fingerprint density at radius 2 is 1.91 bits per heavy atom. The maximum absolute atomic E-state index is 13.3. The molecule has 1 amide bonds. The Bertz CT molecular complexity index is 1310. The summed E-state index contributed by atoms with van der Waals surface area (Å²) in [4.78, 5) is 18.7. The Morgan fingerprint density at radius 3 is 2.71 bits per heavy atom. The minimum Gasteiger partial charge on any atom is -0.376 e. The van der Waals surface area contributed by atoms with E-state index in [1.807, 2.05) is 41.4 Å². The molecule has 1 aliphatic carbocycles. The van der Waals surface area contributed by atoms with Crippen molar-refractivity contribution in [2.75, 3.05) is 12.4 Å². The molecule has 0 spiro atoms. The summed E-state index contributed by atoms with van der Waals surface area (Å²) in [5, 5.41) is 11.0. The zero-order chi connectivity index (χ0) is 23.6. The predicted molar refractivity (Wildman–Crippen MR) is 137 cm³/mol. The van der Waals surface area contributed by atoms with Crippen LogP contribution in [0.5, 0.6) is 0 Å².